The number of rotatable bonds is 1. The fraction of sp³-hybridized carbons (Fsp3) is 0.900. The highest BCUT2D eigenvalue weighted by molar-refractivity contribution is 7.81. The number of hydrogen-bond acceptors (Lipinski definition) is 4. The summed E-state index contributed by atoms with van der Waals surface area (Å²) in [5.74, 6) is 0.0563. The summed E-state index contributed by atoms with van der Waals surface area (Å²) < 4.78 is 5.23. The third-order valence-electron chi connectivity index (χ3n) is 2.29. The quantitative estimate of drug-likeness (QED) is 0.668. The van der Waals surface area contributed by atoms with Gasteiger partial charge in [0.2, 0.25) is 0 Å². The molecule has 0 saturated carbocycles. The summed E-state index contributed by atoms with van der Waals surface area (Å²) >= 11 is 4.32. The lowest BCUT2D eigenvalue weighted by atomic mass is 10.1. The number of carbonyl (C=O) groups excluding carboxylic acids is 1. The van der Waals surface area contributed by atoms with E-state index in [9.17, 15) is 4.79 Å². The predicted molar refractivity (Wildman–Crippen MR) is 61.2 cm³/mol. The molecule has 1 heterocycles. The van der Waals surface area contributed by atoms with E-state index in [1.165, 1.54) is 0 Å². The second-order valence-corrected chi connectivity index (χ2v) is 5.56. The second kappa shape index (κ2) is 4.61. The summed E-state index contributed by atoms with van der Waals surface area (Å²) in [6, 6.07) is 0. The van der Waals surface area contributed by atoms with E-state index in [-0.39, 0.29) is 23.9 Å². The third-order valence-corrected chi connectivity index (χ3v) is 2.88. The first-order valence-electron chi connectivity index (χ1n) is 5.10. The molecule has 0 radical (unpaired) electrons. The Kier molecular flexibility index (Phi) is 3.89. The Morgan fingerprint density at radius 1 is 1.53 bits per heavy atom. The highest BCUT2D eigenvalue weighted by Gasteiger charge is 2.34. The molecule has 0 spiro atoms. The summed E-state index contributed by atoms with van der Waals surface area (Å²) in [6.07, 6.45) is -0.322. The molecule has 0 aliphatic carbocycles. The van der Waals surface area contributed by atoms with Crippen molar-refractivity contribution in [2.45, 2.75) is 31.6 Å². The molecular formula is C10H19NO3S. The van der Waals surface area contributed by atoms with Crippen molar-refractivity contribution < 1.29 is 14.6 Å². The topological polar surface area (TPSA) is 49.8 Å². The fourth-order valence-corrected chi connectivity index (χ4v) is 1.89. The molecule has 1 N–H and O–H groups in total. The summed E-state index contributed by atoms with van der Waals surface area (Å²) in [5.41, 5.74) is -0.472. The van der Waals surface area contributed by atoms with Crippen LogP contribution in [-0.4, -0.2) is 46.6 Å². The van der Waals surface area contributed by atoms with Gasteiger partial charge in [-0.3, -0.25) is 0 Å². The van der Waals surface area contributed by atoms with E-state index in [1.807, 2.05) is 20.8 Å². The van der Waals surface area contributed by atoms with Crippen molar-refractivity contribution in [3.8, 4) is 0 Å². The zero-order chi connectivity index (χ0) is 11.6. The van der Waals surface area contributed by atoms with Gasteiger partial charge in [0.1, 0.15) is 5.60 Å². The molecule has 0 aromatic heterocycles. The zero-order valence-electron chi connectivity index (χ0n) is 9.43. The van der Waals surface area contributed by atoms with Crippen molar-refractivity contribution in [3.05, 3.63) is 0 Å². The van der Waals surface area contributed by atoms with Crippen LogP contribution in [0.4, 0.5) is 4.79 Å². The molecule has 0 aromatic rings. The first-order chi connectivity index (χ1) is 6.83. The number of aliphatic hydroxyl groups is 1. The zero-order valence-corrected chi connectivity index (χ0v) is 10.3. The maximum absolute atomic E-state index is 11.7. The smallest absolute Gasteiger partial charge is 0.410 e. The average molecular weight is 233 g/mol. The van der Waals surface area contributed by atoms with Gasteiger partial charge < -0.3 is 14.7 Å². The standard InChI is InChI=1S/C10H19NO3S/c1-10(2,3)14-9(13)11-4-7(6-12)8(15)5-11/h7-8,12,15H,4-6H2,1-3H3. The van der Waals surface area contributed by atoms with Gasteiger partial charge in [0.05, 0.1) is 0 Å². The van der Waals surface area contributed by atoms with Gasteiger partial charge in [-0.15, -0.1) is 0 Å². The van der Waals surface area contributed by atoms with Crippen LogP contribution in [0, 0.1) is 5.92 Å². The first kappa shape index (κ1) is 12.6. The highest BCUT2D eigenvalue weighted by atomic mass is 32.1. The Labute approximate surface area is 96.0 Å². The van der Waals surface area contributed by atoms with Gasteiger partial charge in [-0.2, -0.15) is 12.6 Å². The number of aliphatic hydroxyl groups excluding tert-OH is 1. The van der Waals surface area contributed by atoms with Gasteiger partial charge in [0.15, 0.2) is 0 Å². The molecule has 1 amide bonds. The number of amides is 1. The van der Waals surface area contributed by atoms with Gasteiger partial charge in [-0.1, -0.05) is 0 Å². The minimum absolute atomic E-state index is 0.0440. The minimum Gasteiger partial charge on any atom is -0.444 e. The molecule has 15 heavy (non-hydrogen) atoms. The van der Waals surface area contributed by atoms with Crippen LogP contribution in [0.2, 0.25) is 0 Å². The van der Waals surface area contributed by atoms with Gasteiger partial charge in [0, 0.05) is 30.9 Å². The van der Waals surface area contributed by atoms with Crippen LogP contribution >= 0.6 is 12.6 Å². The monoisotopic (exact) mass is 233 g/mol. The van der Waals surface area contributed by atoms with E-state index in [4.69, 9.17) is 9.84 Å². The summed E-state index contributed by atoms with van der Waals surface area (Å²) in [7, 11) is 0. The van der Waals surface area contributed by atoms with E-state index < -0.39 is 5.60 Å². The van der Waals surface area contributed by atoms with Crippen molar-refractivity contribution in [3.63, 3.8) is 0 Å². The van der Waals surface area contributed by atoms with E-state index in [1.54, 1.807) is 4.90 Å². The summed E-state index contributed by atoms with van der Waals surface area (Å²) in [4.78, 5) is 13.3. The minimum atomic E-state index is -0.472. The molecule has 0 aromatic carbocycles. The van der Waals surface area contributed by atoms with Gasteiger partial charge in [0.25, 0.3) is 0 Å². The Morgan fingerprint density at radius 3 is 2.53 bits per heavy atom. The second-order valence-electron chi connectivity index (χ2n) is 4.90. The van der Waals surface area contributed by atoms with E-state index >= 15 is 0 Å². The van der Waals surface area contributed by atoms with Gasteiger partial charge >= 0.3 is 6.09 Å². The molecule has 1 fully saturated rings. The number of nitrogens with zero attached hydrogens (tertiary/aromatic N) is 1. The van der Waals surface area contributed by atoms with Crippen LogP contribution in [0.3, 0.4) is 0 Å². The molecule has 88 valence electrons. The van der Waals surface area contributed by atoms with E-state index in [0.717, 1.165) is 0 Å². The van der Waals surface area contributed by atoms with Crippen molar-refractivity contribution in [1.82, 2.24) is 4.90 Å². The average Bonchev–Trinajstić information content (AvgIpc) is 2.43. The van der Waals surface area contributed by atoms with Crippen molar-refractivity contribution in [1.29, 1.82) is 0 Å². The Hall–Kier alpha value is -0.420. The molecule has 1 aliphatic rings. The van der Waals surface area contributed by atoms with E-state index in [2.05, 4.69) is 12.6 Å². The van der Waals surface area contributed by atoms with Crippen LogP contribution in [0.5, 0.6) is 0 Å². The van der Waals surface area contributed by atoms with E-state index in [0.29, 0.717) is 13.1 Å². The molecule has 5 heteroatoms. The fourth-order valence-electron chi connectivity index (χ4n) is 1.51. The maximum Gasteiger partial charge on any atom is 0.410 e. The number of thiol groups is 1. The predicted octanol–water partition coefficient (Wildman–Crippen LogP) is 1.14. The molecule has 4 nitrogen and oxygen atoms in total. The highest BCUT2D eigenvalue weighted by Crippen LogP contribution is 2.23. The molecule has 2 unspecified atom stereocenters. The number of hydrogen-bond donors (Lipinski definition) is 2. The lowest BCUT2D eigenvalue weighted by Gasteiger charge is -2.24. The van der Waals surface area contributed by atoms with Crippen LogP contribution in [-0.2, 0) is 4.74 Å². The third kappa shape index (κ3) is 3.57. The van der Waals surface area contributed by atoms with Gasteiger partial charge in [-0.25, -0.2) is 4.79 Å². The lowest BCUT2D eigenvalue weighted by molar-refractivity contribution is 0.0284. The Balaban J connectivity index is 2.50. The number of ether oxygens (including phenoxy) is 1. The first-order valence-corrected chi connectivity index (χ1v) is 5.62. The molecule has 1 rings (SSSR count). The molecule has 2 atom stereocenters. The Bertz CT molecular complexity index is 239. The largest absolute Gasteiger partial charge is 0.444 e. The van der Waals surface area contributed by atoms with Crippen LogP contribution in [0.25, 0.3) is 0 Å². The van der Waals surface area contributed by atoms with Crippen LogP contribution < -0.4 is 0 Å². The molecule has 1 aliphatic heterocycles. The van der Waals surface area contributed by atoms with Crippen LogP contribution in [0.1, 0.15) is 20.8 Å². The summed E-state index contributed by atoms with van der Waals surface area (Å²) in [6.45, 7) is 6.64. The van der Waals surface area contributed by atoms with Gasteiger partial charge in [-0.05, 0) is 20.8 Å². The molecular weight excluding hydrogens is 214 g/mol. The molecule has 0 bridgehead atoms. The van der Waals surface area contributed by atoms with Crippen LogP contribution in [0.15, 0.2) is 0 Å². The summed E-state index contributed by atoms with van der Waals surface area (Å²) in [5, 5.41) is 9.08. The van der Waals surface area contributed by atoms with Crippen molar-refractivity contribution in [2.24, 2.45) is 5.92 Å². The molecule has 1 saturated heterocycles. The lowest BCUT2D eigenvalue weighted by Crippen LogP contribution is -2.35. The maximum atomic E-state index is 11.7. The number of likely N-dealkylation sites (tertiary alicyclic amines) is 1. The Morgan fingerprint density at radius 2 is 2.13 bits per heavy atom. The van der Waals surface area contributed by atoms with Crippen molar-refractivity contribution in [2.75, 3.05) is 19.7 Å². The normalized spacial score (nSPS) is 26.9. The SMILES string of the molecule is CC(C)(C)OC(=O)N1CC(S)C(CO)C1. The number of carbonyl (C=O) groups is 1. The van der Waals surface area contributed by atoms with Crippen molar-refractivity contribution >= 4 is 18.7 Å².